The lowest BCUT2D eigenvalue weighted by Crippen LogP contribution is -2.56. The van der Waals surface area contributed by atoms with Crippen LogP contribution in [0.2, 0.25) is 13.1 Å². The van der Waals surface area contributed by atoms with Gasteiger partial charge in [-0.05, 0) is 51.4 Å². The third-order valence-corrected chi connectivity index (χ3v) is 10.2. The van der Waals surface area contributed by atoms with Gasteiger partial charge in [-0.1, -0.05) is 20.0 Å². The fraction of sp³-hybridized carbons (Fsp3) is 0.944. The van der Waals surface area contributed by atoms with Crippen molar-refractivity contribution in [1.29, 1.82) is 0 Å². The Balaban J connectivity index is 2.21. The average Bonchev–Trinajstić information content (AvgIpc) is 2.59. The zero-order valence-corrected chi connectivity index (χ0v) is 19.2. The van der Waals surface area contributed by atoms with Crippen molar-refractivity contribution in [2.24, 2.45) is 5.92 Å². The minimum absolute atomic E-state index is 0.0445. The summed E-state index contributed by atoms with van der Waals surface area (Å²) in [4.78, 5) is 12.9. The minimum atomic E-state index is -1.07. The van der Waals surface area contributed by atoms with Crippen LogP contribution in [0.3, 0.4) is 0 Å². The zero-order chi connectivity index (χ0) is 17.6. The van der Waals surface area contributed by atoms with Gasteiger partial charge in [-0.3, -0.25) is 4.79 Å². The van der Waals surface area contributed by atoms with Gasteiger partial charge in [-0.2, -0.15) is 0 Å². The Morgan fingerprint density at radius 3 is 2.33 bits per heavy atom. The molecule has 0 saturated carbocycles. The molecule has 2 aliphatic heterocycles. The Labute approximate surface area is 152 Å². The quantitative estimate of drug-likeness (QED) is 0.507. The molecule has 0 aliphatic carbocycles. The molecule has 2 heterocycles. The number of esters is 1. The molecule has 0 aromatic rings. The highest BCUT2D eigenvalue weighted by Gasteiger charge is 2.49. The maximum absolute atomic E-state index is 12.9. The lowest BCUT2D eigenvalue weighted by Gasteiger charge is -2.47. The van der Waals surface area contributed by atoms with Gasteiger partial charge in [0.05, 0.1) is 31.8 Å². The first-order chi connectivity index (χ1) is 11.4. The topological polar surface area (TPSA) is 44.8 Å². The normalized spacial score (nSPS) is 32.7. The van der Waals surface area contributed by atoms with Crippen LogP contribution in [0, 0.1) is 5.92 Å². The Morgan fingerprint density at radius 1 is 1.17 bits per heavy atom. The van der Waals surface area contributed by atoms with E-state index >= 15 is 0 Å². The monoisotopic (exact) mass is 372 g/mol. The molecule has 6 heteroatoms. The van der Waals surface area contributed by atoms with Crippen LogP contribution in [0.15, 0.2) is 0 Å². The molecule has 140 valence electrons. The van der Waals surface area contributed by atoms with E-state index in [1.165, 1.54) is 6.42 Å². The lowest BCUT2D eigenvalue weighted by atomic mass is 9.87. The van der Waals surface area contributed by atoms with Gasteiger partial charge in [0, 0.05) is 23.5 Å². The number of hydrogen-bond acceptors (Lipinski definition) is 4. The molecule has 0 N–H and O–H groups in total. The van der Waals surface area contributed by atoms with E-state index in [4.69, 9.17) is 14.2 Å². The molecule has 2 aliphatic rings. The Hall–Kier alpha value is -0.176. The maximum Gasteiger partial charge on any atom is 0.311 e. The summed E-state index contributed by atoms with van der Waals surface area (Å²) in [5.41, 5.74) is 0. The molecule has 0 spiro atoms. The van der Waals surface area contributed by atoms with Crippen molar-refractivity contribution in [3.05, 3.63) is 0 Å². The van der Waals surface area contributed by atoms with Gasteiger partial charge in [0.15, 0.2) is 0 Å². The number of carbonyl (C=O) groups is 1. The van der Waals surface area contributed by atoms with Crippen LogP contribution in [0.25, 0.3) is 0 Å². The molecule has 24 heavy (non-hydrogen) atoms. The van der Waals surface area contributed by atoms with E-state index in [-0.39, 0.29) is 22.3 Å². The summed E-state index contributed by atoms with van der Waals surface area (Å²) >= 11 is 0. The number of ether oxygens (including phenoxy) is 3. The maximum atomic E-state index is 12.9. The second kappa shape index (κ2) is 8.96. The van der Waals surface area contributed by atoms with Gasteiger partial charge in [-0.15, -0.1) is 0 Å². The molecule has 0 amide bonds. The molecule has 2 saturated heterocycles. The molecule has 3 unspecified atom stereocenters. The van der Waals surface area contributed by atoms with E-state index in [1.54, 1.807) is 0 Å². The van der Waals surface area contributed by atoms with Crippen molar-refractivity contribution < 1.29 is 19.0 Å². The lowest BCUT2D eigenvalue weighted by molar-refractivity contribution is -0.165. The number of hydrogen-bond donors (Lipinski definition) is 0. The van der Waals surface area contributed by atoms with Gasteiger partial charge < -0.3 is 14.2 Å². The molecular weight excluding hydrogens is 336 g/mol. The van der Waals surface area contributed by atoms with Crippen molar-refractivity contribution in [3.8, 4) is 0 Å². The largest absolute Gasteiger partial charge is 0.465 e. The second-order valence-electron chi connectivity index (χ2n) is 8.07. The van der Waals surface area contributed by atoms with Crippen LogP contribution in [-0.2, 0) is 19.0 Å². The molecule has 0 aromatic carbocycles. The first-order valence-electron chi connectivity index (χ1n) is 9.88. The van der Waals surface area contributed by atoms with E-state index in [0.717, 1.165) is 68.4 Å². The summed E-state index contributed by atoms with van der Waals surface area (Å²) in [5.74, 6) is -0.194. The minimum Gasteiger partial charge on any atom is -0.465 e. The fourth-order valence-electron chi connectivity index (χ4n) is 4.15. The molecule has 0 aromatic heterocycles. The second-order valence-corrected chi connectivity index (χ2v) is 13.1. The molecule has 0 radical (unpaired) electrons. The van der Waals surface area contributed by atoms with Crippen molar-refractivity contribution in [1.82, 2.24) is 0 Å². The van der Waals surface area contributed by atoms with Gasteiger partial charge in [0.25, 0.3) is 0 Å². The van der Waals surface area contributed by atoms with Gasteiger partial charge in [-0.25, -0.2) is 0 Å². The molecule has 0 bridgehead atoms. The summed E-state index contributed by atoms with van der Waals surface area (Å²) < 4.78 is 18.2. The molecule has 3 atom stereocenters. The SMILES string of the molecule is CCCOC(=O)C(CC1([SiH](C)C)CCCCO1)C1([SiH3])CCCCO1. The Kier molecular flexibility index (Phi) is 7.52. The third kappa shape index (κ3) is 4.71. The summed E-state index contributed by atoms with van der Waals surface area (Å²) in [6.45, 7) is 8.91. The Bertz CT molecular complexity index is 402. The summed E-state index contributed by atoms with van der Waals surface area (Å²) in [7, 11) is -0.197. The summed E-state index contributed by atoms with van der Waals surface area (Å²) in [6.07, 6.45) is 8.42. The van der Waals surface area contributed by atoms with Gasteiger partial charge in [0.2, 0.25) is 0 Å². The standard InChI is InChI=1S/C18H36O4Si2/c1-4-11-20-16(19)15(18(23)10-6-8-13-22-18)14-17(24(2)3)9-5-7-12-21-17/h15,24H,4-14H2,1-3,23H3. The van der Waals surface area contributed by atoms with Crippen LogP contribution < -0.4 is 0 Å². The van der Waals surface area contributed by atoms with Gasteiger partial charge in [0.1, 0.15) is 0 Å². The van der Waals surface area contributed by atoms with Gasteiger partial charge >= 0.3 is 5.97 Å². The van der Waals surface area contributed by atoms with E-state index in [1.807, 2.05) is 6.92 Å². The highest BCUT2D eigenvalue weighted by molar-refractivity contribution is 6.59. The van der Waals surface area contributed by atoms with E-state index in [9.17, 15) is 4.79 Å². The molecular formula is C18H36O4Si2. The highest BCUT2D eigenvalue weighted by Crippen LogP contribution is 2.40. The molecule has 2 rings (SSSR count). The smallest absolute Gasteiger partial charge is 0.311 e. The molecule has 2 fully saturated rings. The summed E-state index contributed by atoms with van der Waals surface area (Å²) in [6, 6.07) is 0. The zero-order valence-electron chi connectivity index (χ0n) is 16.1. The number of carbonyl (C=O) groups excluding carboxylic acids is 1. The highest BCUT2D eigenvalue weighted by atomic mass is 28.3. The first-order valence-corrected chi connectivity index (χ1v) is 13.8. The molecule has 4 nitrogen and oxygen atoms in total. The van der Waals surface area contributed by atoms with Crippen molar-refractivity contribution >= 4 is 25.0 Å². The van der Waals surface area contributed by atoms with Crippen LogP contribution in [0.5, 0.6) is 0 Å². The van der Waals surface area contributed by atoms with Crippen LogP contribution in [-0.4, -0.2) is 55.3 Å². The number of rotatable bonds is 7. The predicted octanol–water partition coefficient (Wildman–Crippen LogP) is 2.17. The van der Waals surface area contributed by atoms with Crippen molar-refractivity contribution in [2.45, 2.75) is 81.8 Å². The van der Waals surface area contributed by atoms with E-state index in [2.05, 4.69) is 13.1 Å². The summed E-state index contributed by atoms with van der Waals surface area (Å²) in [5, 5.41) is -0.327. The predicted molar refractivity (Wildman–Crippen MR) is 103 cm³/mol. The van der Waals surface area contributed by atoms with Crippen LogP contribution in [0.4, 0.5) is 0 Å². The van der Waals surface area contributed by atoms with Crippen LogP contribution in [0.1, 0.15) is 58.3 Å². The first kappa shape index (κ1) is 20.1. The third-order valence-electron chi connectivity index (χ3n) is 5.96. The average molecular weight is 373 g/mol. The van der Waals surface area contributed by atoms with Crippen molar-refractivity contribution in [3.63, 3.8) is 0 Å². The van der Waals surface area contributed by atoms with E-state index in [0.29, 0.717) is 6.61 Å². The van der Waals surface area contributed by atoms with Crippen molar-refractivity contribution in [2.75, 3.05) is 19.8 Å². The Morgan fingerprint density at radius 2 is 1.83 bits per heavy atom. The van der Waals surface area contributed by atoms with Crippen LogP contribution >= 0.6 is 0 Å². The fourth-order valence-corrected chi connectivity index (χ4v) is 7.09. The van der Waals surface area contributed by atoms with E-state index < -0.39 is 8.80 Å².